The number of likely N-dealkylation sites (N-methyl/N-ethyl adjacent to an activating group) is 1. The van der Waals surface area contributed by atoms with Crippen LogP contribution in [-0.4, -0.2) is 132 Å². The molecule has 7 atom stereocenters. The zero-order chi connectivity index (χ0) is 47.5. The Morgan fingerprint density at radius 2 is 1.72 bits per heavy atom. The van der Waals surface area contributed by atoms with Crippen LogP contribution in [0.3, 0.4) is 0 Å². The lowest BCUT2D eigenvalue weighted by molar-refractivity contribution is -0.159. The number of benzene rings is 3. The largest absolute Gasteiger partial charge is 0.493 e. The molecule has 9 rings (SSSR count). The Morgan fingerprint density at radius 1 is 1.03 bits per heavy atom. The van der Waals surface area contributed by atoms with Crippen LogP contribution in [0.4, 0.5) is 4.79 Å². The molecule has 0 spiro atoms. The quantitative estimate of drug-likeness (QED) is 0.106. The van der Waals surface area contributed by atoms with Gasteiger partial charge in [-0.3, -0.25) is 14.6 Å². The number of hydrogen-bond acceptors (Lipinski definition) is 15. The highest BCUT2D eigenvalue weighted by atomic mass is 35.6. The number of rotatable bonds is 13. The summed E-state index contributed by atoms with van der Waals surface area (Å²) in [6.45, 7) is 2.12. The molecule has 19 heteroatoms. The molecule has 15 nitrogen and oxygen atoms in total. The average Bonchev–Trinajstić information content (AvgIpc) is 3.91. The molecule has 67 heavy (non-hydrogen) atoms. The molecule has 4 heterocycles. The Labute approximate surface area is 407 Å². The van der Waals surface area contributed by atoms with E-state index in [1.165, 1.54) is 18.9 Å². The van der Waals surface area contributed by atoms with Crippen LogP contribution < -0.4 is 14.8 Å². The Morgan fingerprint density at radius 3 is 2.37 bits per heavy atom. The van der Waals surface area contributed by atoms with E-state index in [1.807, 2.05) is 49.2 Å². The number of nitrogens with one attached hydrogen (secondary N) is 1. The Kier molecular flexibility index (Phi) is 13.2. The number of carbonyl (C=O) groups excluding carboxylic acids is 3. The minimum Gasteiger partial charge on any atom is -0.493 e. The predicted octanol–water partition coefficient (Wildman–Crippen LogP) is 6.63. The Hall–Kier alpha value is -4.70. The fraction of sp³-hybridized carbons (Fsp3) is 0.458. The molecule has 4 aliphatic heterocycles. The maximum Gasteiger partial charge on any atom is 0.408 e. The second-order valence-corrected chi connectivity index (χ2v) is 21.0. The van der Waals surface area contributed by atoms with E-state index in [2.05, 4.69) is 40.6 Å². The Balaban J connectivity index is 1.07. The van der Waals surface area contributed by atoms with Crippen molar-refractivity contribution in [2.24, 2.45) is 0 Å². The number of methoxy groups -OCH3 is 2. The maximum absolute atomic E-state index is 14.6. The van der Waals surface area contributed by atoms with Crippen LogP contribution in [0.5, 0.6) is 11.5 Å². The first kappa shape index (κ1) is 47.4. The fourth-order valence-electron chi connectivity index (χ4n) is 11.0. The lowest BCUT2D eigenvalue weighted by Crippen LogP contribution is -2.74. The van der Waals surface area contributed by atoms with Crippen molar-refractivity contribution < 1.29 is 52.6 Å². The zero-order valence-electron chi connectivity index (χ0n) is 37.3. The van der Waals surface area contributed by atoms with Gasteiger partial charge in [-0.15, -0.1) is 0 Å². The van der Waals surface area contributed by atoms with Crippen LogP contribution in [0.25, 0.3) is 11.1 Å². The number of Topliss-reactive ketones (excluding diaryl/α,β-unsaturated/α-hetero) is 1. The van der Waals surface area contributed by atoms with Crippen molar-refractivity contribution in [1.82, 2.24) is 15.1 Å². The van der Waals surface area contributed by atoms with Crippen molar-refractivity contribution in [1.29, 1.82) is 5.26 Å². The summed E-state index contributed by atoms with van der Waals surface area (Å²) in [4.78, 5) is 46.4. The van der Waals surface area contributed by atoms with Gasteiger partial charge in [0, 0.05) is 59.7 Å². The third kappa shape index (κ3) is 8.29. The van der Waals surface area contributed by atoms with Gasteiger partial charge in [-0.05, 0) is 60.7 Å². The van der Waals surface area contributed by atoms with Gasteiger partial charge in [0.15, 0.2) is 41.2 Å². The van der Waals surface area contributed by atoms with Crippen LogP contribution >= 0.6 is 46.6 Å². The number of aliphatic hydroxyl groups is 1. The van der Waals surface area contributed by atoms with Crippen molar-refractivity contribution >= 4 is 64.4 Å². The molecule has 1 amide bonds. The molecule has 3 aromatic carbocycles. The van der Waals surface area contributed by atoms with E-state index in [9.17, 15) is 24.8 Å². The highest BCUT2D eigenvalue weighted by molar-refractivity contribution is 7.99. The van der Waals surface area contributed by atoms with Crippen molar-refractivity contribution in [2.75, 3.05) is 59.6 Å². The third-order valence-corrected chi connectivity index (χ3v) is 15.2. The first-order chi connectivity index (χ1) is 32.1. The van der Waals surface area contributed by atoms with Gasteiger partial charge in [-0.2, -0.15) is 17.0 Å². The number of fused-ring (bicyclic) bond motifs is 11. The molecule has 2 N–H and O–H groups in total. The fourth-order valence-corrected chi connectivity index (χ4v) is 12.4. The lowest BCUT2D eigenvalue weighted by Gasteiger charge is -2.62. The minimum atomic E-state index is -2.18. The van der Waals surface area contributed by atoms with Gasteiger partial charge in [-0.1, -0.05) is 89.4 Å². The topological polar surface area (TPSA) is 178 Å². The van der Waals surface area contributed by atoms with Gasteiger partial charge in [0.05, 0.1) is 25.3 Å². The van der Waals surface area contributed by atoms with Gasteiger partial charge >= 0.3 is 12.1 Å². The molecule has 0 radical (unpaired) electrons. The number of aryl methyl sites for hydroxylation is 1. The summed E-state index contributed by atoms with van der Waals surface area (Å²) < 4.78 is 38.9. The number of piperidine rings is 1. The molecule has 3 unspecified atom stereocenters. The van der Waals surface area contributed by atoms with E-state index in [4.69, 9.17) is 68.0 Å². The Bertz CT molecular complexity index is 2570. The summed E-state index contributed by atoms with van der Waals surface area (Å²) >= 11 is 19.1. The number of halogens is 3. The van der Waals surface area contributed by atoms with E-state index in [-0.39, 0.29) is 54.3 Å². The first-order valence-corrected chi connectivity index (χ1v) is 24.0. The van der Waals surface area contributed by atoms with Crippen LogP contribution in [0.2, 0.25) is 0 Å². The predicted molar refractivity (Wildman–Crippen MR) is 249 cm³/mol. The van der Waals surface area contributed by atoms with Gasteiger partial charge in [0.2, 0.25) is 10.6 Å². The molecule has 3 aromatic rings. The second-order valence-electron chi connectivity index (χ2n) is 17.4. The summed E-state index contributed by atoms with van der Waals surface area (Å²) in [5.41, 5.74) is 5.22. The number of nitrogens with zero attached hydrogens (tertiary/aromatic N) is 3. The number of alkyl carbamates (subject to hydrolysis) is 1. The third-order valence-electron chi connectivity index (χ3n) is 13.7. The molecule has 354 valence electrons. The van der Waals surface area contributed by atoms with Crippen LogP contribution in [0, 0.1) is 18.3 Å². The summed E-state index contributed by atoms with van der Waals surface area (Å²) in [6, 6.07) is 16.0. The molecule has 3 fully saturated rings. The summed E-state index contributed by atoms with van der Waals surface area (Å²) in [5, 5.41) is 26.8. The molecular weight excluding hydrogens is 947 g/mol. The van der Waals surface area contributed by atoms with Gasteiger partial charge in [-0.25, -0.2) is 9.59 Å². The number of piperazine rings is 1. The standard InChI is InChI=1S/C48H49Cl3N4O11S/c1-24-14-26-15-33-35(17-52)55-34(39(54(33)3)37(26)42(40(24)61-5)64-22-60-4)16-47(59)38(43-41(65-23-66-43)25(2)44(47)56)36(55)18-62-45(57)32(53-46(58)63-21-48(49,50)51)20-67-19-31-29-12-8-6-10-27(29)28-11-7-9-13-30(28)31/h6-14,31-36,39,59H,15-16,18-23H2,1-5H3,(H,53,58)/t32-,33+,34?,35?,36-,39-,47?/m0/s1. The smallest absolute Gasteiger partial charge is 0.408 e. The van der Waals surface area contributed by atoms with E-state index in [0.717, 1.165) is 38.9 Å². The number of ketones is 1. The van der Waals surface area contributed by atoms with Gasteiger partial charge in [0.25, 0.3) is 0 Å². The van der Waals surface area contributed by atoms with Crippen molar-refractivity contribution in [3.63, 3.8) is 0 Å². The summed E-state index contributed by atoms with van der Waals surface area (Å²) in [7, 11) is 4.99. The van der Waals surface area contributed by atoms with Crippen molar-refractivity contribution in [3.05, 3.63) is 105 Å². The normalized spacial score (nSPS) is 25.6. The molecule has 0 aromatic heterocycles. The number of ether oxygens (including phenoxy) is 7. The minimum absolute atomic E-state index is 0.00728. The van der Waals surface area contributed by atoms with Gasteiger partial charge < -0.3 is 43.6 Å². The van der Waals surface area contributed by atoms with E-state index >= 15 is 0 Å². The molecule has 0 saturated carbocycles. The van der Waals surface area contributed by atoms with E-state index in [0.29, 0.717) is 23.7 Å². The average molecular weight is 996 g/mol. The monoisotopic (exact) mass is 994 g/mol. The number of thioether (sulfide) groups is 1. The number of amides is 1. The summed E-state index contributed by atoms with van der Waals surface area (Å²) in [6.07, 6.45) is -0.751. The molecule has 2 bridgehead atoms. The molecule has 3 saturated heterocycles. The highest BCUT2D eigenvalue weighted by Gasteiger charge is 2.64. The lowest BCUT2D eigenvalue weighted by atomic mass is 9.65. The SMILES string of the molecule is COCOc1c(OC)c(C)cc2c1[C@@H]1C3CC4(O)C(=O)C(C)=C5OCOC5=C4[C@H](COC(=O)[C@H](CSCC4c5ccccc5-c5ccccc54)NC(=O)OCC(Cl)(Cl)Cl)N3C(C#N)[C@@H](C2)N1C. The van der Waals surface area contributed by atoms with Crippen molar-refractivity contribution in [3.8, 4) is 28.7 Å². The van der Waals surface area contributed by atoms with E-state index in [1.54, 1.807) is 14.0 Å². The maximum atomic E-state index is 14.6. The molecule has 2 aliphatic carbocycles. The number of alkyl halides is 3. The van der Waals surface area contributed by atoms with Crippen molar-refractivity contribution in [2.45, 2.75) is 78.3 Å². The van der Waals surface area contributed by atoms with Gasteiger partial charge in [0.1, 0.15) is 25.3 Å². The number of hydrogen-bond donors (Lipinski definition) is 2. The van der Waals surface area contributed by atoms with Crippen LogP contribution in [-0.2, 0) is 39.7 Å². The van der Waals surface area contributed by atoms with Crippen LogP contribution in [0.15, 0.2) is 77.3 Å². The van der Waals surface area contributed by atoms with E-state index < -0.39 is 76.7 Å². The highest BCUT2D eigenvalue weighted by Crippen LogP contribution is 2.57. The molecular formula is C48H49Cl3N4O11S. The zero-order valence-corrected chi connectivity index (χ0v) is 40.4. The summed E-state index contributed by atoms with van der Waals surface area (Å²) in [5.74, 6) is 0.441. The first-order valence-electron chi connectivity index (χ1n) is 21.7. The number of nitriles is 1. The number of carbonyl (C=O) groups is 3. The molecule has 6 aliphatic rings. The number of esters is 1. The second kappa shape index (κ2) is 18.7. The van der Waals surface area contributed by atoms with Crippen LogP contribution in [0.1, 0.15) is 53.1 Å².